The number of phenols is 4. The number of ether oxygens (including phenoxy) is 1. The van der Waals surface area contributed by atoms with Gasteiger partial charge in [0.25, 0.3) is 0 Å². The number of fused-ring (bicyclic) bond motifs is 3. The molecule has 0 atom stereocenters. The molecule has 0 unspecified atom stereocenters. The van der Waals surface area contributed by atoms with Crippen molar-refractivity contribution in [2.24, 2.45) is 0 Å². The predicted molar refractivity (Wildman–Crippen MR) is 148 cm³/mol. The predicted octanol–water partition coefficient (Wildman–Crippen LogP) is 3.60. The van der Waals surface area contributed by atoms with Crippen LogP contribution in [0.3, 0.4) is 0 Å². The van der Waals surface area contributed by atoms with E-state index >= 15 is 0 Å². The van der Waals surface area contributed by atoms with Gasteiger partial charge in [0.2, 0.25) is 5.43 Å². The van der Waals surface area contributed by atoms with E-state index in [2.05, 4.69) is 0 Å². The highest BCUT2D eigenvalue weighted by molar-refractivity contribution is 6.13. The summed E-state index contributed by atoms with van der Waals surface area (Å²) in [6.07, 6.45) is 0. The molecule has 0 aliphatic rings. The molecule has 0 fully saturated rings. The Hall–Kier alpha value is -5.89. The van der Waals surface area contributed by atoms with Crippen LogP contribution in [0.2, 0.25) is 0 Å². The minimum Gasteiger partial charge on any atom is -0.504 e. The maximum Gasteiger partial charge on any atom is 0.340 e. The smallest absolute Gasteiger partial charge is 0.340 e. The molecule has 5 aromatic rings. The molecule has 6 N–H and O–H groups in total. The summed E-state index contributed by atoms with van der Waals surface area (Å²) in [6, 6.07) is 2.79. The minimum absolute atomic E-state index is 0.0558. The lowest BCUT2D eigenvalue weighted by Gasteiger charge is -2.17. The van der Waals surface area contributed by atoms with Crippen molar-refractivity contribution < 1.29 is 58.6 Å². The third-order valence-corrected chi connectivity index (χ3v) is 7.01. The molecule has 0 radical (unpaired) electrons. The van der Waals surface area contributed by atoms with E-state index in [9.17, 15) is 54.6 Å². The van der Waals surface area contributed by atoms with Gasteiger partial charge in [0.05, 0.1) is 33.9 Å². The molecule has 43 heavy (non-hydrogen) atoms. The zero-order valence-electron chi connectivity index (χ0n) is 22.4. The summed E-state index contributed by atoms with van der Waals surface area (Å²) in [5, 5.41) is 58.3. The summed E-state index contributed by atoms with van der Waals surface area (Å²) in [5.74, 6) is -8.38. The summed E-state index contributed by atoms with van der Waals surface area (Å²) >= 11 is 0. The van der Waals surface area contributed by atoms with Gasteiger partial charge in [-0.2, -0.15) is 0 Å². The number of aromatic carboxylic acids is 2. The van der Waals surface area contributed by atoms with Crippen molar-refractivity contribution in [1.82, 2.24) is 0 Å². The number of carboxylic acids is 2. The summed E-state index contributed by atoms with van der Waals surface area (Å²) in [7, 11) is 1.23. The second-order valence-electron chi connectivity index (χ2n) is 9.56. The molecule has 2 aromatic heterocycles. The Balaban J connectivity index is 2.03. The van der Waals surface area contributed by atoms with Crippen LogP contribution in [0.15, 0.2) is 36.6 Å². The molecule has 5 rings (SSSR count). The van der Waals surface area contributed by atoms with Gasteiger partial charge in [-0.3, -0.25) is 14.4 Å². The second kappa shape index (κ2) is 9.88. The van der Waals surface area contributed by atoms with E-state index in [1.165, 1.54) is 14.0 Å². The topological polar surface area (TPSA) is 242 Å². The molecule has 0 aliphatic heterocycles. The van der Waals surface area contributed by atoms with Crippen LogP contribution in [0.5, 0.6) is 23.0 Å². The number of hydrogen-bond donors (Lipinski definition) is 6. The summed E-state index contributed by atoms with van der Waals surface area (Å²) in [6.45, 7) is 2.12. The Morgan fingerprint density at radius 1 is 0.791 bits per heavy atom. The largest absolute Gasteiger partial charge is 0.504 e. The fourth-order valence-corrected chi connectivity index (χ4v) is 5.15. The van der Waals surface area contributed by atoms with Crippen LogP contribution in [0.25, 0.3) is 44.2 Å². The lowest BCUT2D eigenvalue weighted by atomic mass is 9.92. The van der Waals surface area contributed by atoms with Crippen molar-refractivity contribution in [3.63, 3.8) is 0 Å². The van der Waals surface area contributed by atoms with Crippen molar-refractivity contribution >= 4 is 50.6 Å². The molecule has 14 nitrogen and oxygen atoms in total. The molecule has 3 aromatic carbocycles. The van der Waals surface area contributed by atoms with E-state index in [1.807, 2.05) is 0 Å². The third-order valence-electron chi connectivity index (χ3n) is 7.01. The molecular formula is C29H20O14. The van der Waals surface area contributed by atoms with Crippen molar-refractivity contribution in [3.05, 3.63) is 66.5 Å². The quantitative estimate of drug-likeness (QED) is 0.0938. The Kier molecular flexibility index (Phi) is 6.58. The van der Waals surface area contributed by atoms with Gasteiger partial charge in [-0.25, -0.2) is 9.59 Å². The molecule has 2 heterocycles. The van der Waals surface area contributed by atoms with Gasteiger partial charge in [-0.1, -0.05) is 0 Å². The number of carbonyl (C=O) groups excluding carboxylic acids is 1. The van der Waals surface area contributed by atoms with Crippen LogP contribution in [0.1, 0.15) is 49.1 Å². The first-order valence-electron chi connectivity index (χ1n) is 12.2. The van der Waals surface area contributed by atoms with Gasteiger partial charge < -0.3 is 44.2 Å². The van der Waals surface area contributed by atoms with E-state index in [4.69, 9.17) is 13.6 Å². The average Bonchev–Trinajstić information content (AvgIpc) is 2.91. The van der Waals surface area contributed by atoms with Gasteiger partial charge in [-0.05, 0) is 25.5 Å². The maximum absolute atomic E-state index is 13.8. The number of carboxylic acid groups (broad SMARTS) is 2. The number of rotatable bonds is 6. The summed E-state index contributed by atoms with van der Waals surface area (Å²) in [5.41, 5.74) is -5.45. The van der Waals surface area contributed by atoms with Crippen molar-refractivity contribution in [1.29, 1.82) is 0 Å². The van der Waals surface area contributed by atoms with Gasteiger partial charge in [0, 0.05) is 24.8 Å². The monoisotopic (exact) mass is 592 g/mol. The molecule has 0 bridgehead atoms. The highest BCUT2D eigenvalue weighted by atomic mass is 16.5. The lowest BCUT2D eigenvalue weighted by Crippen LogP contribution is -2.16. The van der Waals surface area contributed by atoms with Crippen molar-refractivity contribution in [2.45, 2.75) is 20.5 Å². The molecule has 0 spiro atoms. The standard InChI is InChI=1S/C29H20O14/c1-8-10(26-12(7-41-3)23(34)19-15(42-26)5-13(31)25(36)21(19)29(39)40)4-11-22(33)18-16(43-27(11)17(8)9(2)30)6-14(32)24(35)20(18)28(37)38/h4-6,31-32,35-36H,7H2,1-3H3,(H,37,38)(H,39,40). The van der Waals surface area contributed by atoms with Crippen LogP contribution in [0, 0.1) is 6.92 Å². The van der Waals surface area contributed by atoms with Gasteiger partial charge in [-0.15, -0.1) is 0 Å². The van der Waals surface area contributed by atoms with E-state index in [0.29, 0.717) is 0 Å². The van der Waals surface area contributed by atoms with Crippen LogP contribution in [-0.4, -0.2) is 55.5 Å². The SMILES string of the molecule is COCc1c(-c2cc3c(=O)c4c(C(=O)O)c(O)c(O)cc4oc3c(C(C)=O)c2C)oc2cc(O)c(O)c(C(=O)O)c2c1=O. The molecule has 14 heteroatoms. The van der Waals surface area contributed by atoms with E-state index in [-0.39, 0.29) is 39.0 Å². The number of methoxy groups -OCH3 is 1. The highest BCUT2D eigenvalue weighted by Gasteiger charge is 2.30. The Labute approximate surface area is 237 Å². The van der Waals surface area contributed by atoms with Crippen LogP contribution >= 0.6 is 0 Å². The molecule has 0 saturated heterocycles. The number of carbonyl (C=O) groups is 3. The van der Waals surface area contributed by atoms with Crippen LogP contribution in [-0.2, 0) is 11.3 Å². The minimum atomic E-state index is -1.76. The Morgan fingerprint density at radius 2 is 1.30 bits per heavy atom. The fourth-order valence-electron chi connectivity index (χ4n) is 5.15. The highest BCUT2D eigenvalue weighted by Crippen LogP contribution is 2.41. The average molecular weight is 592 g/mol. The molecular weight excluding hydrogens is 572 g/mol. The number of aromatic hydroxyl groups is 4. The van der Waals surface area contributed by atoms with Crippen molar-refractivity contribution in [2.75, 3.05) is 7.11 Å². The Bertz CT molecular complexity index is 2220. The number of phenolic OH excluding ortho intramolecular Hbond substituents is 2. The molecule has 0 aliphatic carbocycles. The number of hydrogen-bond acceptors (Lipinski definition) is 12. The Morgan fingerprint density at radius 3 is 1.79 bits per heavy atom. The summed E-state index contributed by atoms with van der Waals surface area (Å²) in [4.78, 5) is 64.2. The van der Waals surface area contributed by atoms with E-state index in [0.717, 1.165) is 25.1 Å². The zero-order valence-corrected chi connectivity index (χ0v) is 22.4. The lowest BCUT2D eigenvalue weighted by molar-refractivity contribution is 0.0684. The van der Waals surface area contributed by atoms with Crippen LogP contribution in [0.4, 0.5) is 0 Å². The first-order valence-corrected chi connectivity index (χ1v) is 12.2. The molecule has 0 saturated carbocycles. The fraction of sp³-hybridized carbons (Fsp3) is 0.138. The summed E-state index contributed by atoms with van der Waals surface area (Å²) < 4.78 is 16.8. The van der Waals surface area contributed by atoms with Gasteiger partial charge in [0.1, 0.15) is 33.6 Å². The molecule has 0 amide bonds. The third kappa shape index (κ3) is 4.11. The zero-order chi connectivity index (χ0) is 31.7. The van der Waals surface area contributed by atoms with E-state index in [1.54, 1.807) is 0 Å². The number of Topliss-reactive ketones (excluding diaryl/α,β-unsaturated/α-hetero) is 1. The first kappa shape index (κ1) is 28.6. The number of benzene rings is 3. The van der Waals surface area contributed by atoms with Crippen LogP contribution < -0.4 is 10.9 Å². The van der Waals surface area contributed by atoms with E-state index < -0.39 is 91.2 Å². The second-order valence-corrected chi connectivity index (χ2v) is 9.56. The normalized spacial score (nSPS) is 11.4. The first-order chi connectivity index (χ1) is 20.2. The van der Waals surface area contributed by atoms with Crippen molar-refractivity contribution in [3.8, 4) is 34.3 Å². The van der Waals surface area contributed by atoms with Gasteiger partial charge >= 0.3 is 11.9 Å². The molecule has 220 valence electrons. The number of ketones is 1. The van der Waals surface area contributed by atoms with Gasteiger partial charge in [0.15, 0.2) is 34.2 Å². The maximum atomic E-state index is 13.8.